The largest absolute Gasteiger partial charge is 0.396 e. The van der Waals surface area contributed by atoms with Gasteiger partial charge in [0.1, 0.15) is 5.82 Å². The highest BCUT2D eigenvalue weighted by Crippen LogP contribution is 2.49. The predicted molar refractivity (Wildman–Crippen MR) is 64.0 cm³/mol. The Morgan fingerprint density at radius 3 is 2.76 bits per heavy atom. The van der Waals surface area contributed by atoms with Gasteiger partial charge in [-0.3, -0.25) is 4.21 Å². The molecule has 1 unspecified atom stereocenters. The van der Waals surface area contributed by atoms with E-state index in [1.165, 1.54) is 12.1 Å². The number of anilines is 1. The molecule has 0 aromatic heterocycles. The van der Waals surface area contributed by atoms with Gasteiger partial charge in [-0.2, -0.15) is 5.26 Å². The highest BCUT2D eigenvalue weighted by Gasteiger charge is 2.43. The lowest BCUT2D eigenvalue weighted by Gasteiger charge is -2.10. The summed E-state index contributed by atoms with van der Waals surface area (Å²) in [5, 5.41) is 8.68. The van der Waals surface area contributed by atoms with E-state index in [0.717, 1.165) is 12.8 Å². The van der Waals surface area contributed by atoms with Crippen molar-refractivity contribution < 1.29 is 8.60 Å². The first kappa shape index (κ1) is 12.1. The van der Waals surface area contributed by atoms with Gasteiger partial charge in [-0.25, -0.2) is 4.39 Å². The summed E-state index contributed by atoms with van der Waals surface area (Å²) < 4.78 is 25.3. The molecule has 17 heavy (non-hydrogen) atoms. The second-order valence-electron chi connectivity index (χ2n) is 4.51. The van der Waals surface area contributed by atoms with Crippen LogP contribution in [0.4, 0.5) is 10.1 Å². The van der Waals surface area contributed by atoms with Crippen molar-refractivity contribution in [1.29, 1.82) is 5.26 Å². The zero-order chi connectivity index (χ0) is 12.5. The van der Waals surface area contributed by atoms with E-state index in [1.54, 1.807) is 6.07 Å². The lowest BCUT2D eigenvalue weighted by atomic mass is 10.1. The van der Waals surface area contributed by atoms with Crippen LogP contribution < -0.4 is 5.73 Å². The zero-order valence-corrected chi connectivity index (χ0v) is 10.1. The van der Waals surface area contributed by atoms with Gasteiger partial charge >= 0.3 is 0 Å². The molecule has 1 aliphatic carbocycles. The second-order valence-corrected chi connectivity index (χ2v) is 5.96. The molecule has 2 rings (SSSR count). The third-order valence-corrected chi connectivity index (χ3v) is 4.74. The molecule has 1 saturated carbocycles. The molecule has 0 saturated heterocycles. The van der Waals surface area contributed by atoms with E-state index < -0.39 is 16.6 Å². The number of benzene rings is 1. The van der Waals surface area contributed by atoms with Crippen molar-refractivity contribution in [1.82, 2.24) is 0 Å². The van der Waals surface area contributed by atoms with E-state index in [-0.39, 0.29) is 11.1 Å². The summed E-state index contributed by atoms with van der Waals surface area (Å²) >= 11 is 0. The molecule has 1 aromatic carbocycles. The Labute approximate surface area is 102 Å². The van der Waals surface area contributed by atoms with Crippen LogP contribution in [-0.4, -0.2) is 9.96 Å². The smallest absolute Gasteiger partial charge is 0.147 e. The highest BCUT2D eigenvalue weighted by atomic mass is 32.2. The molecule has 0 heterocycles. The van der Waals surface area contributed by atoms with Crippen LogP contribution in [-0.2, 0) is 10.8 Å². The van der Waals surface area contributed by atoms with Gasteiger partial charge in [-0.1, -0.05) is 0 Å². The van der Waals surface area contributed by atoms with E-state index in [4.69, 9.17) is 11.0 Å². The van der Waals surface area contributed by atoms with E-state index in [0.29, 0.717) is 17.1 Å². The van der Waals surface area contributed by atoms with Gasteiger partial charge in [-0.05, 0) is 36.5 Å². The number of nitrogens with two attached hydrogens (primary N) is 1. The molecule has 90 valence electrons. The molecule has 0 spiro atoms. The minimum Gasteiger partial charge on any atom is -0.396 e. The maximum atomic E-state index is 13.2. The van der Waals surface area contributed by atoms with Crippen molar-refractivity contribution in [3.63, 3.8) is 0 Å². The maximum Gasteiger partial charge on any atom is 0.147 e. The fraction of sp³-hybridized carbons (Fsp3) is 0.417. The molecule has 0 bridgehead atoms. The summed E-state index contributed by atoms with van der Waals surface area (Å²) in [5.74, 6) is -0.106. The van der Waals surface area contributed by atoms with Gasteiger partial charge in [0, 0.05) is 17.1 Å². The van der Waals surface area contributed by atoms with Crippen molar-refractivity contribution in [3.8, 4) is 6.07 Å². The van der Waals surface area contributed by atoms with Crippen molar-refractivity contribution in [2.24, 2.45) is 5.41 Å². The average Bonchev–Trinajstić information content (AvgIpc) is 3.02. The molecule has 0 amide bonds. The number of hydrogen-bond acceptors (Lipinski definition) is 3. The maximum absolute atomic E-state index is 13.2. The Balaban J connectivity index is 2.10. The van der Waals surface area contributed by atoms with E-state index >= 15 is 0 Å². The number of rotatable bonds is 4. The SMILES string of the molecule is N#CCC1(CS(=O)c2ccc(N)c(F)c2)CC1. The van der Waals surface area contributed by atoms with Crippen LogP contribution in [0.1, 0.15) is 19.3 Å². The Hall–Kier alpha value is -1.41. The molecule has 1 fully saturated rings. The monoisotopic (exact) mass is 252 g/mol. The Morgan fingerprint density at radius 2 is 2.24 bits per heavy atom. The van der Waals surface area contributed by atoms with Gasteiger partial charge in [-0.15, -0.1) is 0 Å². The minimum absolute atomic E-state index is 0.0592. The molecular formula is C12H13FN2OS. The van der Waals surface area contributed by atoms with Crippen LogP contribution in [0.5, 0.6) is 0 Å². The van der Waals surface area contributed by atoms with Crippen molar-refractivity contribution in [2.75, 3.05) is 11.5 Å². The summed E-state index contributed by atoms with van der Waals surface area (Å²) in [6, 6.07) is 6.34. The van der Waals surface area contributed by atoms with Crippen LogP contribution in [0.3, 0.4) is 0 Å². The number of nitrogens with zero attached hydrogens (tertiary/aromatic N) is 1. The molecule has 5 heteroatoms. The fourth-order valence-corrected chi connectivity index (χ4v) is 3.30. The first-order valence-corrected chi connectivity index (χ1v) is 6.69. The molecule has 2 N–H and O–H groups in total. The van der Waals surface area contributed by atoms with Gasteiger partial charge < -0.3 is 5.73 Å². The van der Waals surface area contributed by atoms with Crippen LogP contribution in [0.15, 0.2) is 23.1 Å². The molecule has 1 atom stereocenters. The summed E-state index contributed by atoms with van der Waals surface area (Å²) in [7, 11) is -1.26. The first-order valence-electron chi connectivity index (χ1n) is 5.37. The van der Waals surface area contributed by atoms with Crippen molar-refractivity contribution >= 4 is 16.5 Å². The van der Waals surface area contributed by atoms with Gasteiger partial charge in [0.25, 0.3) is 0 Å². The number of nitriles is 1. The van der Waals surface area contributed by atoms with Gasteiger partial charge in [0.2, 0.25) is 0 Å². The van der Waals surface area contributed by atoms with Crippen LogP contribution in [0, 0.1) is 22.6 Å². The summed E-state index contributed by atoms with van der Waals surface area (Å²) in [6.07, 6.45) is 2.30. The van der Waals surface area contributed by atoms with E-state index in [2.05, 4.69) is 6.07 Å². The standard InChI is InChI=1S/C12H13FN2OS/c13-10-7-9(1-2-11(10)15)17(16)8-12(3-4-12)5-6-14/h1-2,7H,3-5,8,15H2. The third kappa shape index (κ3) is 2.64. The zero-order valence-electron chi connectivity index (χ0n) is 9.28. The average molecular weight is 252 g/mol. The van der Waals surface area contributed by atoms with Crippen molar-refractivity contribution in [2.45, 2.75) is 24.2 Å². The molecular weight excluding hydrogens is 239 g/mol. The molecule has 0 aliphatic heterocycles. The van der Waals surface area contributed by atoms with E-state index in [1.807, 2.05) is 0 Å². The summed E-state index contributed by atoms with van der Waals surface area (Å²) in [4.78, 5) is 0.445. The fourth-order valence-electron chi connectivity index (χ4n) is 1.73. The highest BCUT2D eigenvalue weighted by molar-refractivity contribution is 7.85. The van der Waals surface area contributed by atoms with Crippen LogP contribution in [0.2, 0.25) is 0 Å². The Bertz CT molecular complexity index is 506. The van der Waals surface area contributed by atoms with E-state index in [9.17, 15) is 8.60 Å². The number of nitrogen functional groups attached to an aromatic ring is 1. The summed E-state index contributed by atoms with van der Waals surface area (Å²) in [6.45, 7) is 0. The second kappa shape index (κ2) is 4.46. The number of halogens is 1. The molecule has 1 aliphatic rings. The topological polar surface area (TPSA) is 66.9 Å². The lowest BCUT2D eigenvalue weighted by Crippen LogP contribution is -2.12. The third-order valence-electron chi connectivity index (χ3n) is 3.08. The van der Waals surface area contributed by atoms with Crippen LogP contribution in [0.25, 0.3) is 0 Å². The quantitative estimate of drug-likeness (QED) is 0.835. The normalized spacial score (nSPS) is 18.4. The molecule has 3 nitrogen and oxygen atoms in total. The van der Waals surface area contributed by atoms with Crippen LogP contribution >= 0.6 is 0 Å². The summed E-state index contributed by atoms with van der Waals surface area (Å²) in [5.41, 5.74) is 5.32. The van der Waals surface area contributed by atoms with Gasteiger partial charge in [0.05, 0.1) is 22.6 Å². The van der Waals surface area contributed by atoms with Crippen molar-refractivity contribution in [3.05, 3.63) is 24.0 Å². The predicted octanol–water partition coefficient (Wildman–Crippen LogP) is 2.21. The molecule has 0 radical (unpaired) electrons. The van der Waals surface area contributed by atoms with Gasteiger partial charge in [0.15, 0.2) is 0 Å². The lowest BCUT2D eigenvalue weighted by molar-refractivity contribution is 0.586. The Kier molecular flexibility index (Phi) is 3.16. The Morgan fingerprint density at radius 1 is 1.53 bits per heavy atom. The molecule has 1 aromatic rings. The minimum atomic E-state index is -1.26. The number of hydrogen-bond donors (Lipinski definition) is 1. The first-order chi connectivity index (χ1) is 8.06.